The molecule has 1 aromatic carbocycles. The molecule has 110 valence electrons. The van der Waals surface area contributed by atoms with Crippen molar-refractivity contribution in [1.29, 1.82) is 0 Å². The van der Waals surface area contributed by atoms with Crippen molar-refractivity contribution in [2.45, 2.75) is 6.92 Å². The third-order valence-electron chi connectivity index (χ3n) is 2.97. The smallest absolute Gasteiger partial charge is 0.267 e. The van der Waals surface area contributed by atoms with Gasteiger partial charge in [0.1, 0.15) is 10.6 Å². The number of phenols is 1. The minimum absolute atomic E-state index is 0.152. The van der Waals surface area contributed by atoms with Crippen molar-refractivity contribution >= 4 is 22.9 Å². The molecule has 0 unspecified atom stereocenters. The monoisotopic (exact) mass is 312 g/mol. The Morgan fingerprint density at radius 3 is 2.64 bits per heavy atom. The molecule has 0 saturated carbocycles. The molecule has 3 aromatic rings. The summed E-state index contributed by atoms with van der Waals surface area (Å²) in [6.45, 7) is 1.78. The number of aromatic nitrogens is 3. The van der Waals surface area contributed by atoms with Gasteiger partial charge in [0.2, 0.25) is 0 Å². The number of hydrogen-bond donors (Lipinski definition) is 2. The summed E-state index contributed by atoms with van der Waals surface area (Å²) in [5.74, 6) is 0.399. The van der Waals surface area contributed by atoms with Crippen molar-refractivity contribution in [1.82, 2.24) is 15.0 Å². The molecule has 0 fully saturated rings. The summed E-state index contributed by atoms with van der Waals surface area (Å²) >= 11 is 1.29. The van der Waals surface area contributed by atoms with Gasteiger partial charge in [0.25, 0.3) is 5.91 Å². The molecule has 0 aliphatic heterocycles. The average molecular weight is 312 g/mol. The summed E-state index contributed by atoms with van der Waals surface area (Å²) in [4.78, 5) is 25.1. The lowest BCUT2D eigenvalue weighted by molar-refractivity contribution is 0.102. The fourth-order valence-electron chi connectivity index (χ4n) is 1.89. The number of amides is 1. The van der Waals surface area contributed by atoms with Crippen LogP contribution >= 0.6 is 11.3 Å². The Balaban J connectivity index is 1.77. The number of benzene rings is 1. The maximum Gasteiger partial charge on any atom is 0.267 e. The molecular formula is C15H12N4O2S. The fraction of sp³-hybridized carbons (Fsp3) is 0.0667. The topological polar surface area (TPSA) is 88.0 Å². The van der Waals surface area contributed by atoms with Crippen LogP contribution in [-0.2, 0) is 0 Å². The van der Waals surface area contributed by atoms with Crippen molar-refractivity contribution in [2.24, 2.45) is 0 Å². The number of nitrogens with one attached hydrogen (secondary N) is 1. The highest BCUT2D eigenvalue weighted by Crippen LogP contribution is 2.20. The van der Waals surface area contributed by atoms with Crippen LogP contribution < -0.4 is 5.32 Å². The lowest BCUT2D eigenvalue weighted by Gasteiger charge is -2.05. The standard InChI is InChI=1S/C15H12N4O2S/c1-9-13(22-8-18-9)15(21)19-11-6-16-14(17-7-11)10-3-2-4-12(20)5-10/h2-8,20H,1H3,(H,19,21). The van der Waals surface area contributed by atoms with Crippen LogP contribution in [0, 0.1) is 6.92 Å². The van der Waals surface area contributed by atoms with Gasteiger partial charge in [-0.15, -0.1) is 11.3 Å². The molecule has 2 heterocycles. The third-order valence-corrected chi connectivity index (χ3v) is 3.89. The van der Waals surface area contributed by atoms with Crippen LogP contribution in [0.5, 0.6) is 5.75 Å². The normalized spacial score (nSPS) is 10.4. The summed E-state index contributed by atoms with van der Waals surface area (Å²) in [5, 5.41) is 12.2. The second-order valence-electron chi connectivity index (χ2n) is 4.57. The van der Waals surface area contributed by atoms with Crippen LogP contribution in [0.3, 0.4) is 0 Å². The molecule has 0 saturated heterocycles. The number of phenolic OH excluding ortho intramolecular Hbond substituents is 1. The summed E-state index contributed by atoms with van der Waals surface area (Å²) in [6.07, 6.45) is 3.06. The minimum Gasteiger partial charge on any atom is -0.508 e. The van der Waals surface area contributed by atoms with Gasteiger partial charge >= 0.3 is 0 Å². The van der Waals surface area contributed by atoms with Gasteiger partial charge in [-0.2, -0.15) is 0 Å². The van der Waals surface area contributed by atoms with Crippen LogP contribution in [0.1, 0.15) is 15.4 Å². The van der Waals surface area contributed by atoms with Crippen molar-refractivity contribution in [2.75, 3.05) is 5.32 Å². The van der Waals surface area contributed by atoms with Crippen molar-refractivity contribution in [3.05, 3.63) is 52.7 Å². The molecule has 1 amide bonds. The van der Waals surface area contributed by atoms with Crippen LogP contribution in [-0.4, -0.2) is 26.0 Å². The Hall–Kier alpha value is -2.80. The first-order chi connectivity index (χ1) is 10.6. The number of aryl methyl sites for hydroxylation is 1. The van der Waals surface area contributed by atoms with Gasteiger partial charge in [0.05, 0.1) is 29.3 Å². The van der Waals surface area contributed by atoms with Gasteiger partial charge in [-0.25, -0.2) is 15.0 Å². The summed E-state index contributed by atoms with van der Waals surface area (Å²) < 4.78 is 0. The van der Waals surface area contributed by atoms with E-state index < -0.39 is 0 Å². The van der Waals surface area contributed by atoms with Gasteiger partial charge in [-0.1, -0.05) is 12.1 Å². The molecule has 22 heavy (non-hydrogen) atoms. The predicted octanol–water partition coefficient (Wildman–Crippen LogP) is 2.87. The van der Waals surface area contributed by atoms with E-state index >= 15 is 0 Å². The molecule has 2 aromatic heterocycles. The number of aromatic hydroxyl groups is 1. The summed E-state index contributed by atoms with van der Waals surface area (Å²) in [5.41, 5.74) is 3.53. The molecule has 0 bridgehead atoms. The molecule has 0 radical (unpaired) electrons. The van der Waals surface area contributed by atoms with E-state index in [4.69, 9.17) is 0 Å². The zero-order chi connectivity index (χ0) is 15.5. The maximum atomic E-state index is 12.1. The number of nitrogens with zero attached hydrogens (tertiary/aromatic N) is 3. The highest BCUT2D eigenvalue weighted by atomic mass is 32.1. The molecule has 0 atom stereocenters. The van der Waals surface area contributed by atoms with Crippen LogP contribution in [0.25, 0.3) is 11.4 Å². The lowest BCUT2D eigenvalue weighted by atomic mass is 10.2. The third kappa shape index (κ3) is 2.94. The summed E-state index contributed by atoms with van der Waals surface area (Å²) in [7, 11) is 0. The average Bonchev–Trinajstić information content (AvgIpc) is 2.94. The zero-order valence-corrected chi connectivity index (χ0v) is 12.5. The van der Waals surface area contributed by atoms with E-state index in [1.807, 2.05) is 0 Å². The number of carbonyl (C=O) groups excluding carboxylic acids is 1. The number of hydrogen-bond acceptors (Lipinski definition) is 6. The molecule has 0 aliphatic carbocycles. The Bertz CT molecular complexity index is 814. The largest absolute Gasteiger partial charge is 0.508 e. The Labute approximate surface area is 130 Å². The van der Waals surface area contributed by atoms with Gasteiger partial charge in [-0.05, 0) is 19.1 Å². The van der Waals surface area contributed by atoms with Gasteiger partial charge < -0.3 is 10.4 Å². The molecule has 2 N–H and O–H groups in total. The lowest BCUT2D eigenvalue weighted by Crippen LogP contribution is -2.12. The van der Waals surface area contributed by atoms with E-state index in [1.165, 1.54) is 23.7 Å². The van der Waals surface area contributed by atoms with Crippen LogP contribution in [0.4, 0.5) is 5.69 Å². The van der Waals surface area contributed by atoms with E-state index in [2.05, 4.69) is 20.3 Å². The summed E-state index contributed by atoms with van der Waals surface area (Å²) in [6, 6.07) is 6.67. The quantitative estimate of drug-likeness (QED) is 0.776. The predicted molar refractivity (Wildman–Crippen MR) is 83.9 cm³/mol. The Kier molecular flexibility index (Phi) is 3.80. The second kappa shape index (κ2) is 5.90. The van der Waals surface area contributed by atoms with E-state index in [0.29, 0.717) is 27.6 Å². The van der Waals surface area contributed by atoms with Gasteiger partial charge in [-0.3, -0.25) is 4.79 Å². The molecule has 0 spiro atoms. The van der Waals surface area contributed by atoms with Gasteiger partial charge in [0, 0.05) is 5.56 Å². The van der Waals surface area contributed by atoms with Crippen molar-refractivity contribution < 1.29 is 9.90 Å². The van der Waals surface area contributed by atoms with Crippen molar-refractivity contribution in [3.8, 4) is 17.1 Å². The number of rotatable bonds is 3. The van der Waals surface area contributed by atoms with E-state index in [0.717, 1.165) is 0 Å². The molecule has 3 rings (SSSR count). The second-order valence-corrected chi connectivity index (χ2v) is 5.42. The number of anilines is 1. The van der Waals surface area contributed by atoms with Crippen LogP contribution in [0.2, 0.25) is 0 Å². The Morgan fingerprint density at radius 1 is 1.23 bits per heavy atom. The number of carbonyl (C=O) groups is 1. The molecule has 0 aliphatic rings. The van der Waals surface area contributed by atoms with E-state index in [1.54, 1.807) is 36.7 Å². The first-order valence-electron chi connectivity index (χ1n) is 6.46. The zero-order valence-electron chi connectivity index (χ0n) is 11.6. The van der Waals surface area contributed by atoms with E-state index in [-0.39, 0.29) is 11.7 Å². The molecule has 7 heteroatoms. The van der Waals surface area contributed by atoms with Crippen LogP contribution in [0.15, 0.2) is 42.2 Å². The minimum atomic E-state index is -0.228. The molecular weight excluding hydrogens is 300 g/mol. The SMILES string of the molecule is Cc1ncsc1C(=O)Nc1cnc(-c2cccc(O)c2)nc1. The fourth-order valence-corrected chi connectivity index (χ4v) is 2.59. The van der Waals surface area contributed by atoms with Gasteiger partial charge in [0.15, 0.2) is 5.82 Å². The first kappa shape index (κ1) is 14.2. The Morgan fingerprint density at radius 2 is 2.00 bits per heavy atom. The number of thiazole rings is 1. The molecule has 6 nitrogen and oxygen atoms in total. The maximum absolute atomic E-state index is 12.1. The van der Waals surface area contributed by atoms with Crippen molar-refractivity contribution in [3.63, 3.8) is 0 Å². The first-order valence-corrected chi connectivity index (χ1v) is 7.34. The van der Waals surface area contributed by atoms with E-state index in [9.17, 15) is 9.90 Å². The highest BCUT2D eigenvalue weighted by molar-refractivity contribution is 7.12. The highest BCUT2D eigenvalue weighted by Gasteiger charge is 2.12.